The molecule has 0 aliphatic rings. The molecule has 0 aromatic rings. The van der Waals surface area contributed by atoms with Gasteiger partial charge in [-0.1, -0.05) is 53.4 Å². The average molecular weight is 354 g/mol. The van der Waals surface area contributed by atoms with Crippen molar-refractivity contribution in [1.82, 2.24) is 0 Å². The Kier molecular flexibility index (Phi) is 22.5. The summed E-state index contributed by atoms with van der Waals surface area (Å²) >= 11 is 0. The Morgan fingerprint density at radius 1 is 0.692 bits per heavy atom. The zero-order valence-corrected chi connectivity index (χ0v) is 12.7. The molecule has 0 N–H and O–H groups in total. The molecule has 0 aromatic carbocycles. The Bertz CT molecular complexity index is 53.5. The summed E-state index contributed by atoms with van der Waals surface area (Å²) in [6.45, 7) is 16.4. The minimum absolute atomic E-state index is 0. The van der Waals surface area contributed by atoms with Crippen LogP contribution in [0.3, 0.4) is 0 Å². The van der Waals surface area contributed by atoms with E-state index in [0.29, 0.717) is 11.8 Å². The fourth-order valence-electron chi connectivity index (χ4n) is 0.577. The molecule has 0 rings (SSSR count). The van der Waals surface area contributed by atoms with Crippen molar-refractivity contribution in [3.63, 3.8) is 0 Å². The van der Waals surface area contributed by atoms with E-state index in [1.54, 1.807) is 0 Å². The Morgan fingerprint density at radius 3 is 0.846 bits per heavy atom. The van der Waals surface area contributed by atoms with Gasteiger partial charge >= 0.3 is 21.1 Å². The molecule has 0 spiro atoms. The van der Waals surface area contributed by atoms with Crippen LogP contribution in [0.15, 0.2) is 0 Å². The van der Waals surface area contributed by atoms with Gasteiger partial charge in [0.2, 0.25) is 0 Å². The van der Waals surface area contributed by atoms with E-state index < -0.39 is 0 Å². The second-order valence-corrected chi connectivity index (χ2v) is 3.37. The quantitative estimate of drug-likeness (QED) is 0.652. The summed E-state index contributed by atoms with van der Waals surface area (Å²) in [6.07, 6.45) is 4.88. The van der Waals surface area contributed by atoms with Crippen molar-refractivity contribution < 1.29 is 21.1 Å². The van der Waals surface area contributed by atoms with Gasteiger partial charge in [0.05, 0.1) is 0 Å². The van der Waals surface area contributed by atoms with Crippen molar-refractivity contribution in [2.45, 2.75) is 53.4 Å². The first-order valence-corrected chi connectivity index (χ1v) is 5.28. The van der Waals surface area contributed by atoms with Crippen LogP contribution in [0.1, 0.15) is 53.4 Å². The van der Waals surface area contributed by atoms with Gasteiger partial charge in [-0.3, -0.25) is 0 Å². The van der Waals surface area contributed by atoms with Crippen molar-refractivity contribution in [2.75, 3.05) is 0 Å². The molecule has 0 saturated heterocycles. The van der Waals surface area contributed by atoms with Crippen LogP contribution >= 0.6 is 0 Å². The van der Waals surface area contributed by atoms with Crippen LogP contribution in [-0.4, -0.2) is 0 Å². The molecule has 0 unspecified atom stereocenters. The van der Waals surface area contributed by atoms with Crippen LogP contribution in [0.4, 0.5) is 0 Å². The number of rotatable bonds is 4. The van der Waals surface area contributed by atoms with Crippen molar-refractivity contribution in [1.29, 1.82) is 0 Å². The summed E-state index contributed by atoms with van der Waals surface area (Å²) in [5.74, 6) is 1.37. The normalized spacial score (nSPS) is 9.23. The van der Waals surface area contributed by atoms with E-state index in [1.165, 1.54) is 25.7 Å². The van der Waals surface area contributed by atoms with Crippen LogP contribution in [-0.2, 0) is 21.1 Å². The molecule has 0 atom stereocenters. The first-order valence-electron chi connectivity index (χ1n) is 5.28. The summed E-state index contributed by atoms with van der Waals surface area (Å²) in [7, 11) is 0. The standard InChI is InChI=1S/2C6H13.W/c2*1-4-6(3)5-2;/h2*6H,3-5H2,1-2H3;/q2*-1;+2. The van der Waals surface area contributed by atoms with E-state index in [2.05, 4.69) is 41.5 Å². The van der Waals surface area contributed by atoms with Gasteiger partial charge in [0.25, 0.3) is 0 Å². The summed E-state index contributed by atoms with van der Waals surface area (Å²) in [5.41, 5.74) is 0. The van der Waals surface area contributed by atoms with Gasteiger partial charge in [-0.05, 0) is 0 Å². The van der Waals surface area contributed by atoms with Crippen LogP contribution in [0.25, 0.3) is 0 Å². The van der Waals surface area contributed by atoms with E-state index >= 15 is 0 Å². The smallest absolute Gasteiger partial charge is 0.340 e. The van der Waals surface area contributed by atoms with E-state index in [-0.39, 0.29) is 21.1 Å². The van der Waals surface area contributed by atoms with Crippen molar-refractivity contribution in [2.24, 2.45) is 11.8 Å². The van der Waals surface area contributed by atoms with Gasteiger partial charge in [0.1, 0.15) is 0 Å². The van der Waals surface area contributed by atoms with Crippen LogP contribution in [0, 0.1) is 25.7 Å². The Balaban J connectivity index is -0.000000143. The maximum absolute atomic E-state index is 3.88. The third-order valence-corrected chi connectivity index (χ3v) is 2.31. The molecule has 0 radical (unpaired) electrons. The maximum Gasteiger partial charge on any atom is 2.00 e. The predicted octanol–water partition coefficient (Wildman–Crippen LogP) is 4.51. The zero-order chi connectivity index (χ0) is 9.98. The molecular weight excluding hydrogens is 328 g/mol. The van der Waals surface area contributed by atoms with E-state index in [4.69, 9.17) is 0 Å². The van der Waals surface area contributed by atoms with E-state index in [1.807, 2.05) is 0 Å². The monoisotopic (exact) mass is 354 g/mol. The Morgan fingerprint density at radius 2 is 0.846 bits per heavy atom. The molecular formula is C12H26W. The maximum atomic E-state index is 3.88. The van der Waals surface area contributed by atoms with Crippen LogP contribution in [0.5, 0.6) is 0 Å². The van der Waals surface area contributed by atoms with Crippen molar-refractivity contribution in [3.8, 4) is 0 Å². The Labute approximate surface area is 100 Å². The molecule has 0 heterocycles. The third-order valence-electron chi connectivity index (χ3n) is 2.31. The second-order valence-electron chi connectivity index (χ2n) is 3.37. The molecule has 1 heteroatoms. The minimum atomic E-state index is 0. The number of hydrogen-bond acceptors (Lipinski definition) is 0. The minimum Gasteiger partial charge on any atom is -0.340 e. The van der Waals surface area contributed by atoms with Gasteiger partial charge in [-0.2, -0.15) is 11.8 Å². The summed E-state index contributed by atoms with van der Waals surface area (Å²) in [6, 6.07) is 0. The summed E-state index contributed by atoms with van der Waals surface area (Å²) < 4.78 is 0. The molecule has 0 aliphatic carbocycles. The zero-order valence-electron chi connectivity index (χ0n) is 9.81. The molecule has 0 bridgehead atoms. The topological polar surface area (TPSA) is 0 Å². The average Bonchev–Trinajstić information content (AvgIpc) is 2.16. The SMILES string of the molecule is [CH2-]C(CC)CC.[CH2-]C(CC)CC.[W+2]. The van der Waals surface area contributed by atoms with Gasteiger partial charge in [-0.15, -0.1) is 0 Å². The van der Waals surface area contributed by atoms with Crippen molar-refractivity contribution >= 4 is 0 Å². The van der Waals surface area contributed by atoms with E-state index in [9.17, 15) is 0 Å². The van der Waals surface area contributed by atoms with E-state index in [0.717, 1.165) is 0 Å². The molecule has 13 heavy (non-hydrogen) atoms. The van der Waals surface area contributed by atoms with Gasteiger partial charge in [-0.25, -0.2) is 0 Å². The largest absolute Gasteiger partial charge is 2.00 e. The summed E-state index contributed by atoms with van der Waals surface area (Å²) in [5, 5.41) is 0. The predicted molar refractivity (Wildman–Crippen MR) is 58.9 cm³/mol. The molecule has 0 amide bonds. The fourth-order valence-corrected chi connectivity index (χ4v) is 0.577. The molecule has 0 fully saturated rings. The third kappa shape index (κ3) is 19.2. The molecule has 0 aromatic heterocycles. The molecule has 80 valence electrons. The first kappa shape index (κ1) is 19.3. The van der Waals surface area contributed by atoms with Gasteiger partial charge < -0.3 is 13.8 Å². The van der Waals surface area contributed by atoms with Gasteiger partial charge in [0.15, 0.2) is 0 Å². The second kappa shape index (κ2) is 15.2. The van der Waals surface area contributed by atoms with Crippen LogP contribution in [0.2, 0.25) is 0 Å². The first-order chi connectivity index (χ1) is 5.62. The fraction of sp³-hybridized carbons (Fsp3) is 0.833. The summed E-state index contributed by atoms with van der Waals surface area (Å²) in [4.78, 5) is 0. The molecule has 0 nitrogen and oxygen atoms in total. The molecule has 0 saturated carbocycles. The number of hydrogen-bond donors (Lipinski definition) is 0. The van der Waals surface area contributed by atoms with Crippen LogP contribution < -0.4 is 0 Å². The van der Waals surface area contributed by atoms with Gasteiger partial charge in [0, 0.05) is 0 Å². The Hall–Kier alpha value is 0.688. The molecule has 0 aliphatic heterocycles. The van der Waals surface area contributed by atoms with Crippen molar-refractivity contribution in [3.05, 3.63) is 13.8 Å².